The molecule has 0 aliphatic carbocycles. The van der Waals surface area contributed by atoms with E-state index in [1.807, 2.05) is 65.5 Å². The summed E-state index contributed by atoms with van der Waals surface area (Å²) in [5.74, 6) is 1.15. The van der Waals surface area contributed by atoms with Crippen LogP contribution in [0.1, 0.15) is 0 Å². The number of amides is 1. The molecule has 0 atom stereocenters. The van der Waals surface area contributed by atoms with E-state index >= 15 is 0 Å². The van der Waals surface area contributed by atoms with E-state index in [2.05, 4.69) is 5.10 Å². The van der Waals surface area contributed by atoms with Crippen molar-refractivity contribution < 1.29 is 9.53 Å². The molecule has 0 unspecified atom stereocenters. The van der Waals surface area contributed by atoms with Crippen molar-refractivity contribution in [1.82, 2.24) is 14.8 Å². The van der Waals surface area contributed by atoms with Gasteiger partial charge < -0.3 is 4.74 Å². The summed E-state index contributed by atoms with van der Waals surface area (Å²) < 4.78 is 8.12. The number of rotatable bonds is 8. The van der Waals surface area contributed by atoms with Gasteiger partial charge in [0.15, 0.2) is 5.13 Å². The number of hydrogen-bond acceptors (Lipinski definition) is 6. The molecule has 4 aromatic rings. The molecule has 0 saturated carbocycles. The van der Waals surface area contributed by atoms with Crippen molar-refractivity contribution in [1.29, 1.82) is 0 Å². The third kappa shape index (κ3) is 4.78. The van der Waals surface area contributed by atoms with E-state index in [1.165, 1.54) is 23.1 Å². The van der Waals surface area contributed by atoms with Crippen LogP contribution in [0.3, 0.4) is 0 Å². The Morgan fingerprint density at radius 2 is 2.07 bits per heavy atom. The zero-order valence-corrected chi connectivity index (χ0v) is 17.5. The summed E-state index contributed by atoms with van der Waals surface area (Å²) in [6.45, 7) is 1.11. The van der Waals surface area contributed by atoms with Gasteiger partial charge in [-0.1, -0.05) is 29.5 Å². The minimum Gasteiger partial charge on any atom is -0.497 e. The van der Waals surface area contributed by atoms with Crippen molar-refractivity contribution in [2.45, 2.75) is 11.4 Å². The molecule has 0 radical (unpaired) electrons. The first-order valence-electron chi connectivity index (χ1n) is 9.13. The fourth-order valence-electron chi connectivity index (χ4n) is 2.84. The Labute approximate surface area is 177 Å². The number of ether oxygens (including phenoxy) is 1. The van der Waals surface area contributed by atoms with Crippen molar-refractivity contribution >= 4 is 44.4 Å². The lowest BCUT2D eigenvalue weighted by Gasteiger charge is -2.19. The van der Waals surface area contributed by atoms with Gasteiger partial charge in [-0.15, -0.1) is 11.8 Å². The van der Waals surface area contributed by atoms with Gasteiger partial charge in [0.05, 0.1) is 29.6 Å². The third-order valence-electron chi connectivity index (χ3n) is 4.33. The number of hydrogen-bond donors (Lipinski definition) is 0. The predicted molar refractivity (Wildman–Crippen MR) is 118 cm³/mol. The zero-order chi connectivity index (χ0) is 20.1. The molecule has 2 aromatic heterocycles. The number of benzene rings is 2. The van der Waals surface area contributed by atoms with Crippen LogP contribution in [0, 0.1) is 0 Å². The predicted octanol–water partition coefficient (Wildman–Crippen LogP) is 4.33. The Morgan fingerprint density at radius 3 is 2.83 bits per heavy atom. The van der Waals surface area contributed by atoms with E-state index in [1.54, 1.807) is 18.2 Å². The number of thioether (sulfide) groups is 1. The maximum atomic E-state index is 13.1. The van der Waals surface area contributed by atoms with E-state index in [-0.39, 0.29) is 5.91 Å². The molecule has 0 fully saturated rings. The molecule has 2 aromatic carbocycles. The number of fused-ring (bicyclic) bond motifs is 1. The van der Waals surface area contributed by atoms with E-state index in [0.717, 1.165) is 20.9 Å². The molecule has 148 valence electrons. The number of methoxy groups -OCH3 is 1. The summed E-state index contributed by atoms with van der Waals surface area (Å²) in [5.41, 5.74) is 0.860. The molecule has 0 bridgehead atoms. The van der Waals surface area contributed by atoms with Gasteiger partial charge in [-0.25, -0.2) is 4.98 Å². The van der Waals surface area contributed by atoms with Crippen LogP contribution in [0.4, 0.5) is 5.13 Å². The highest BCUT2D eigenvalue weighted by Gasteiger charge is 2.20. The molecule has 6 nitrogen and oxygen atoms in total. The van der Waals surface area contributed by atoms with Crippen LogP contribution < -0.4 is 9.64 Å². The smallest absolute Gasteiger partial charge is 0.239 e. The van der Waals surface area contributed by atoms with Crippen LogP contribution in [0.5, 0.6) is 5.75 Å². The van der Waals surface area contributed by atoms with Crippen molar-refractivity contribution in [3.05, 3.63) is 67.0 Å². The number of carbonyl (C=O) groups is 1. The molecule has 4 rings (SSSR count). The fourth-order valence-corrected chi connectivity index (χ4v) is 4.67. The Kier molecular flexibility index (Phi) is 6.12. The standard InChI is InChI=1S/C21H20N4O2S2/c1-27-16-8-9-18-19(14-16)29-21(23-18)25(13-12-24-11-5-10-22-24)20(26)15-28-17-6-3-2-4-7-17/h2-11,14H,12-13,15H2,1H3. The van der Waals surface area contributed by atoms with Crippen LogP contribution in [0.15, 0.2) is 71.9 Å². The fraction of sp³-hybridized carbons (Fsp3) is 0.190. The molecule has 8 heteroatoms. The molecule has 1 amide bonds. The van der Waals surface area contributed by atoms with Crippen LogP contribution in [0.2, 0.25) is 0 Å². The lowest BCUT2D eigenvalue weighted by Crippen LogP contribution is -2.35. The first-order chi connectivity index (χ1) is 14.2. The van der Waals surface area contributed by atoms with Gasteiger partial charge in [-0.3, -0.25) is 14.4 Å². The quantitative estimate of drug-likeness (QED) is 0.394. The minimum absolute atomic E-state index is 0.0250. The molecule has 29 heavy (non-hydrogen) atoms. The molecule has 2 heterocycles. The molecule has 0 saturated heterocycles. The van der Waals surface area contributed by atoms with Crippen LogP contribution >= 0.6 is 23.1 Å². The molecular weight excluding hydrogens is 404 g/mol. The maximum absolute atomic E-state index is 13.1. The Balaban J connectivity index is 1.56. The normalized spacial score (nSPS) is 10.9. The monoisotopic (exact) mass is 424 g/mol. The average Bonchev–Trinajstić information content (AvgIpc) is 3.42. The second-order valence-corrected chi connectivity index (χ2v) is 8.30. The highest BCUT2D eigenvalue weighted by Crippen LogP contribution is 2.32. The lowest BCUT2D eigenvalue weighted by atomic mass is 10.3. The van der Waals surface area contributed by atoms with E-state index in [4.69, 9.17) is 9.72 Å². The Bertz CT molecular complexity index is 1080. The zero-order valence-electron chi connectivity index (χ0n) is 15.9. The number of anilines is 1. The lowest BCUT2D eigenvalue weighted by molar-refractivity contribution is -0.116. The topological polar surface area (TPSA) is 60.2 Å². The van der Waals surface area contributed by atoms with E-state index in [0.29, 0.717) is 24.0 Å². The average molecular weight is 425 g/mol. The van der Waals surface area contributed by atoms with Gasteiger partial charge in [0.2, 0.25) is 5.91 Å². The van der Waals surface area contributed by atoms with Gasteiger partial charge in [0.1, 0.15) is 5.75 Å². The van der Waals surface area contributed by atoms with Gasteiger partial charge >= 0.3 is 0 Å². The van der Waals surface area contributed by atoms with Crippen molar-refractivity contribution in [3.8, 4) is 5.75 Å². The molecule has 0 aliphatic rings. The van der Waals surface area contributed by atoms with Crippen LogP contribution in [-0.4, -0.2) is 40.1 Å². The van der Waals surface area contributed by atoms with Crippen molar-refractivity contribution in [2.75, 3.05) is 24.3 Å². The van der Waals surface area contributed by atoms with Crippen molar-refractivity contribution in [2.24, 2.45) is 0 Å². The number of nitrogens with zero attached hydrogens (tertiary/aromatic N) is 4. The number of carbonyl (C=O) groups excluding carboxylic acids is 1. The van der Waals surface area contributed by atoms with E-state index < -0.39 is 0 Å². The second-order valence-electron chi connectivity index (χ2n) is 6.25. The first-order valence-corrected chi connectivity index (χ1v) is 10.9. The molecule has 0 spiro atoms. The van der Waals surface area contributed by atoms with Crippen LogP contribution in [0.25, 0.3) is 10.2 Å². The molecular formula is C21H20N4O2S2. The molecule has 0 N–H and O–H groups in total. The first kappa shape index (κ1) is 19.5. The summed E-state index contributed by atoms with van der Waals surface area (Å²) in [6, 6.07) is 17.6. The minimum atomic E-state index is 0.0250. The van der Waals surface area contributed by atoms with Gasteiger partial charge in [-0.05, 0) is 36.4 Å². The van der Waals surface area contributed by atoms with E-state index in [9.17, 15) is 4.79 Å². The summed E-state index contributed by atoms with van der Waals surface area (Å²) in [6.07, 6.45) is 3.63. The second kappa shape index (κ2) is 9.11. The highest BCUT2D eigenvalue weighted by atomic mass is 32.2. The largest absolute Gasteiger partial charge is 0.497 e. The molecule has 0 aliphatic heterocycles. The summed E-state index contributed by atoms with van der Waals surface area (Å²) in [5, 5.41) is 4.93. The third-order valence-corrected chi connectivity index (χ3v) is 6.37. The Morgan fingerprint density at radius 1 is 1.21 bits per heavy atom. The SMILES string of the molecule is COc1ccc2nc(N(CCn3cccn3)C(=O)CSc3ccccc3)sc2c1. The summed E-state index contributed by atoms with van der Waals surface area (Å²) in [7, 11) is 1.64. The Hall–Kier alpha value is -2.84. The van der Waals surface area contributed by atoms with Gasteiger partial charge in [0.25, 0.3) is 0 Å². The summed E-state index contributed by atoms with van der Waals surface area (Å²) >= 11 is 3.03. The number of thiazole rings is 1. The maximum Gasteiger partial charge on any atom is 0.239 e. The van der Waals surface area contributed by atoms with Gasteiger partial charge in [-0.2, -0.15) is 5.10 Å². The summed E-state index contributed by atoms with van der Waals surface area (Å²) in [4.78, 5) is 20.6. The van der Waals surface area contributed by atoms with Crippen LogP contribution in [-0.2, 0) is 11.3 Å². The highest BCUT2D eigenvalue weighted by molar-refractivity contribution is 8.00. The van der Waals surface area contributed by atoms with Gasteiger partial charge in [0, 0.05) is 23.8 Å². The number of aromatic nitrogens is 3. The van der Waals surface area contributed by atoms with Crippen molar-refractivity contribution in [3.63, 3.8) is 0 Å².